The molecule has 4 nitrogen and oxygen atoms in total. The second kappa shape index (κ2) is 8.05. The fraction of sp³-hybridized carbons (Fsp3) is 0.100. The van der Waals surface area contributed by atoms with Crippen molar-refractivity contribution in [3.8, 4) is 33.9 Å². The van der Waals surface area contributed by atoms with Gasteiger partial charge in [0.1, 0.15) is 17.2 Å². The number of aromatic nitrogens is 1. The van der Waals surface area contributed by atoms with Crippen LogP contribution in [0.25, 0.3) is 22.4 Å². The van der Waals surface area contributed by atoms with Gasteiger partial charge in [-0.3, -0.25) is 4.79 Å². The minimum atomic E-state index is -5.02. The molecule has 1 aromatic heterocycles. The number of rotatable bonds is 5. The summed E-state index contributed by atoms with van der Waals surface area (Å²) in [6.45, 7) is 0. The summed E-state index contributed by atoms with van der Waals surface area (Å²) in [5, 5.41) is 0. The van der Waals surface area contributed by atoms with Crippen LogP contribution in [0, 0.1) is 0 Å². The Hall–Kier alpha value is -3.56. The average molecular weight is 427 g/mol. The van der Waals surface area contributed by atoms with Gasteiger partial charge in [0.15, 0.2) is 6.29 Å². The van der Waals surface area contributed by atoms with E-state index >= 15 is 0 Å². The molecule has 0 N–H and O–H groups in total. The number of carbonyl (C=O) groups is 1. The second-order valence-electron chi connectivity index (χ2n) is 5.84. The predicted molar refractivity (Wildman–Crippen MR) is 93.9 cm³/mol. The Morgan fingerprint density at radius 1 is 0.667 bits per heavy atom. The lowest BCUT2D eigenvalue weighted by Crippen LogP contribution is -2.18. The maximum absolute atomic E-state index is 12.8. The van der Waals surface area contributed by atoms with Crippen molar-refractivity contribution >= 4 is 6.29 Å². The fourth-order valence-corrected chi connectivity index (χ4v) is 2.74. The normalized spacial score (nSPS) is 11.8. The SMILES string of the molecule is O=Cc1ccc(-c2ccccc2OC(F)(F)F)c(-c2ccccc2OC(F)(F)F)n1. The summed E-state index contributed by atoms with van der Waals surface area (Å²) in [7, 11) is 0. The van der Waals surface area contributed by atoms with E-state index in [0.29, 0.717) is 6.29 Å². The molecule has 1 heterocycles. The maximum Gasteiger partial charge on any atom is 0.573 e. The third kappa shape index (κ3) is 5.07. The van der Waals surface area contributed by atoms with Gasteiger partial charge < -0.3 is 9.47 Å². The van der Waals surface area contributed by atoms with Crippen LogP contribution < -0.4 is 9.47 Å². The van der Waals surface area contributed by atoms with Crippen LogP contribution in [0.15, 0.2) is 60.7 Å². The largest absolute Gasteiger partial charge is 0.573 e. The smallest absolute Gasteiger partial charge is 0.405 e. The van der Waals surface area contributed by atoms with E-state index in [9.17, 15) is 31.1 Å². The van der Waals surface area contributed by atoms with Gasteiger partial charge in [-0.1, -0.05) is 30.3 Å². The number of aldehydes is 1. The highest BCUT2D eigenvalue weighted by molar-refractivity contribution is 5.88. The van der Waals surface area contributed by atoms with E-state index in [1.807, 2.05) is 0 Å². The molecule has 0 atom stereocenters. The summed E-state index contributed by atoms with van der Waals surface area (Å²) in [5.74, 6) is -1.21. The summed E-state index contributed by atoms with van der Waals surface area (Å²) in [4.78, 5) is 15.2. The van der Waals surface area contributed by atoms with Crippen molar-refractivity contribution in [2.45, 2.75) is 12.7 Å². The molecule has 0 aliphatic rings. The highest BCUT2D eigenvalue weighted by atomic mass is 19.4. The summed E-state index contributed by atoms with van der Waals surface area (Å²) in [6.07, 6.45) is -9.65. The molecule has 3 rings (SSSR count). The summed E-state index contributed by atoms with van der Waals surface area (Å²) in [6, 6.07) is 12.5. The fourth-order valence-electron chi connectivity index (χ4n) is 2.74. The first kappa shape index (κ1) is 21.2. The van der Waals surface area contributed by atoms with Crippen LogP contribution in [-0.2, 0) is 0 Å². The van der Waals surface area contributed by atoms with Gasteiger partial charge in [-0.25, -0.2) is 4.98 Å². The summed E-state index contributed by atoms with van der Waals surface area (Å²) >= 11 is 0. The van der Waals surface area contributed by atoms with Crippen molar-refractivity contribution < 1.29 is 40.6 Å². The zero-order valence-electron chi connectivity index (χ0n) is 14.8. The van der Waals surface area contributed by atoms with Gasteiger partial charge in [-0.05, 0) is 30.3 Å². The third-order valence-electron chi connectivity index (χ3n) is 3.81. The van der Waals surface area contributed by atoms with Gasteiger partial charge in [0.2, 0.25) is 0 Å². The van der Waals surface area contributed by atoms with E-state index in [4.69, 9.17) is 0 Å². The lowest BCUT2D eigenvalue weighted by molar-refractivity contribution is -0.275. The molecule has 156 valence electrons. The monoisotopic (exact) mass is 427 g/mol. The number of benzene rings is 2. The number of hydrogen-bond donors (Lipinski definition) is 0. The van der Waals surface area contributed by atoms with Gasteiger partial charge in [0, 0.05) is 16.7 Å². The highest BCUT2D eigenvalue weighted by Gasteiger charge is 2.34. The standard InChI is InChI=1S/C20H11F6NO3/c21-19(22,23)29-16-7-3-1-5-13(16)14-10-9-12(11-28)27-18(14)15-6-2-4-8-17(15)30-20(24,25)26/h1-11H. The molecule has 0 aliphatic carbocycles. The van der Waals surface area contributed by atoms with E-state index in [0.717, 1.165) is 12.1 Å². The van der Waals surface area contributed by atoms with E-state index in [2.05, 4.69) is 14.5 Å². The van der Waals surface area contributed by atoms with Gasteiger partial charge >= 0.3 is 12.7 Å². The number of para-hydroxylation sites is 2. The van der Waals surface area contributed by atoms with E-state index < -0.39 is 24.2 Å². The van der Waals surface area contributed by atoms with Gasteiger partial charge in [0.25, 0.3) is 0 Å². The Morgan fingerprint density at radius 2 is 1.17 bits per heavy atom. The predicted octanol–water partition coefficient (Wildman–Crippen LogP) is 6.03. The number of ether oxygens (including phenoxy) is 2. The van der Waals surface area contributed by atoms with Crippen molar-refractivity contribution in [3.63, 3.8) is 0 Å². The van der Waals surface area contributed by atoms with Crippen molar-refractivity contribution in [3.05, 3.63) is 66.4 Å². The molecule has 0 unspecified atom stereocenters. The molecule has 0 saturated carbocycles. The Morgan fingerprint density at radius 3 is 1.70 bits per heavy atom. The molecule has 10 heteroatoms. The highest BCUT2D eigenvalue weighted by Crippen LogP contribution is 2.41. The molecular weight excluding hydrogens is 416 g/mol. The topological polar surface area (TPSA) is 48.4 Å². The van der Waals surface area contributed by atoms with Crippen LogP contribution in [0.4, 0.5) is 26.3 Å². The molecule has 0 fully saturated rings. The van der Waals surface area contributed by atoms with Crippen LogP contribution in [0.5, 0.6) is 11.5 Å². The van der Waals surface area contributed by atoms with E-state index in [1.54, 1.807) is 0 Å². The minimum absolute atomic E-state index is 0.0127. The lowest BCUT2D eigenvalue weighted by atomic mass is 9.97. The first-order valence-electron chi connectivity index (χ1n) is 8.24. The van der Waals surface area contributed by atoms with Crippen LogP contribution in [0.2, 0.25) is 0 Å². The molecule has 2 aromatic carbocycles. The van der Waals surface area contributed by atoms with Crippen molar-refractivity contribution in [1.82, 2.24) is 4.98 Å². The van der Waals surface area contributed by atoms with Crippen LogP contribution in [0.3, 0.4) is 0 Å². The third-order valence-corrected chi connectivity index (χ3v) is 3.81. The van der Waals surface area contributed by atoms with Crippen LogP contribution in [0.1, 0.15) is 10.5 Å². The molecule has 3 aromatic rings. The average Bonchev–Trinajstić information content (AvgIpc) is 2.66. The molecule has 0 radical (unpaired) electrons. The van der Waals surface area contributed by atoms with E-state index in [-0.39, 0.29) is 28.1 Å². The second-order valence-corrected chi connectivity index (χ2v) is 5.84. The van der Waals surface area contributed by atoms with Crippen molar-refractivity contribution in [2.75, 3.05) is 0 Å². The van der Waals surface area contributed by atoms with Crippen molar-refractivity contribution in [2.24, 2.45) is 0 Å². The quantitative estimate of drug-likeness (QED) is 0.369. The summed E-state index contributed by atoms with van der Waals surface area (Å²) in [5.41, 5.74) is -0.562. The molecule has 0 spiro atoms. The Kier molecular flexibility index (Phi) is 5.68. The first-order chi connectivity index (χ1) is 14.1. The molecule has 0 bridgehead atoms. The number of carbonyl (C=O) groups excluding carboxylic acids is 1. The number of alkyl halides is 6. The van der Waals surface area contributed by atoms with Crippen LogP contribution >= 0.6 is 0 Å². The van der Waals surface area contributed by atoms with Gasteiger partial charge in [-0.15, -0.1) is 26.3 Å². The Bertz CT molecular complexity index is 1060. The van der Waals surface area contributed by atoms with E-state index in [1.165, 1.54) is 48.5 Å². The zero-order valence-corrected chi connectivity index (χ0v) is 14.8. The lowest BCUT2D eigenvalue weighted by Gasteiger charge is -2.18. The molecule has 0 aliphatic heterocycles. The zero-order chi connectivity index (χ0) is 21.9. The Balaban J connectivity index is 2.24. The van der Waals surface area contributed by atoms with Gasteiger partial charge in [-0.2, -0.15) is 0 Å². The van der Waals surface area contributed by atoms with Gasteiger partial charge in [0.05, 0.1) is 5.69 Å². The molecular formula is C20H11F6NO3. The molecule has 30 heavy (non-hydrogen) atoms. The first-order valence-corrected chi connectivity index (χ1v) is 8.24. The van der Waals surface area contributed by atoms with Crippen molar-refractivity contribution in [1.29, 1.82) is 0 Å². The molecule has 0 amide bonds. The number of halogens is 6. The minimum Gasteiger partial charge on any atom is -0.405 e. The summed E-state index contributed by atoms with van der Waals surface area (Å²) < 4.78 is 84.9. The number of pyridine rings is 1. The number of nitrogens with zero attached hydrogens (tertiary/aromatic N) is 1. The molecule has 0 saturated heterocycles. The maximum atomic E-state index is 12.8. The number of hydrogen-bond acceptors (Lipinski definition) is 4. The van der Waals surface area contributed by atoms with Crippen LogP contribution in [-0.4, -0.2) is 24.0 Å². The Labute approximate surface area is 165 Å².